The highest BCUT2D eigenvalue weighted by atomic mass is 16.4. The smallest absolute Gasteiger partial charge is 0.290 e. The van der Waals surface area contributed by atoms with Crippen molar-refractivity contribution in [1.82, 2.24) is 30.2 Å². The second-order valence-corrected chi connectivity index (χ2v) is 5.23. The number of furan rings is 1. The van der Waals surface area contributed by atoms with Crippen molar-refractivity contribution in [2.45, 2.75) is 20.4 Å². The number of carbonyl (C=O) groups is 2. The second-order valence-electron chi connectivity index (χ2n) is 5.23. The Hall–Kier alpha value is -3.23. The minimum Gasteiger partial charge on any atom is -0.454 e. The summed E-state index contributed by atoms with van der Waals surface area (Å²) in [6.45, 7) is 3.83. The van der Waals surface area contributed by atoms with Crippen LogP contribution in [0.15, 0.2) is 22.6 Å². The first-order chi connectivity index (χ1) is 11.5. The Balaban J connectivity index is 1.76. The van der Waals surface area contributed by atoms with Gasteiger partial charge in [-0.25, -0.2) is 4.98 Å². The Bertz CT molecular complexity index is 927. The molecule has 124 valence electrons. The Labute approximate surface area is 137 Å². The number of nitrogens with one attached hydrogen (secondary N) is 2. The van der Waals surface area contributed by atoms with Crippen molar-refractivity contribution in [3.63, 3.8) is 0 Å². The number of rotatable bonds is 4. The quantitative estimate of drug-likeness (QED) is 0.726. The summed E-state index contributed by atoms with van der Waals surface area (Å²) in [6, 6.07) is 5.02. The van der Waals surface area contributed by atoms with Crippen LogP contribution in [-0.4, -0.2) is 38.4 Å². The third-order valence-electron chi connectivity index (χ3n) is 3.43. The lowest BCUT2D eigenvalue weighted by Gasteiger charge is -2.05. The fourth-order valence-corrected chi connectivity index (χ4v) is 2.34. The molecule has 3 aromatic heterocycles. The van der Waals surface area contributed by atoms with Crippen molar-refractivity contribution in [2.75, 3.05) is 7.05 Å². The molecule has 24 heavy (non-hydrogen) atoms. The number of hydrogen-bond donors (Lipinski definition) is 2. The fourth-order valence-electron chi connectivity index (χ4n) is 2.34. The number of carbonyl (C=O) groups excluding carboxylic acids is 2. The van der Waals surface area contributed by atoms with Crippen molar-refractivity contribution in [3.8, 4) is 0 Å². The van der Waals surface area contributed by atoms with Gasteiger partial charge in [-0.05, 0) is 32.0 Å². The monoisotopic (exact) mass is 328 g/mol. The summed E-state index contributed by atoms with van der Waals surface area (Å²) in [7, 11) is 1.51. The van der Waals surface area contributed by atoms with Gasteiger partial charge in [-0.2, -0.15) is 0 Å². The third kappa shape index (κ3) is 2.83. The predicted octanol–water partition coefficient (Wildman–Crippen LogP) is 0.624. The lowest BCUT2D eigenvalue weighted by molar-refractivity contribution is 0.0932. The highest BCUT2D eigenvalue weighted by Gasteiger charge is 2.17. The van der Waals surface area contributed by atoms with E-state index >= 15 is 0 Å². The molecule has 0 aliphatic rings. The minimum atomic E-state index is -0.408. The molecule has 2 amide bonds. The second kappa shape index (κ2) is 6.11. The van der Waals surface area contributed by atoms with Crippen LogP contribution in [0.2, 0.25) is 0 Å². The molecule has 0 bridgehead atoms. The van der Waals surface area contributed by atoms with E-state index in [2.05, 4.69) is 25.8 Å². The van der Waals surface area contributed by atoms with Crippen molar-refractivity contribution in [2.24, 2.45) is 0 Å². The molecule has 0 atom stereocenters. The van der Waals surface area contributed by atoms with Crippen LogP contribution in [0.4, 0.5) is 0 Å². The summed E-state index contributed by atoms with van der Waals surface area (Å²) in [5, 5.41) is 13.0. The molecular formula is C15H16N6O3. The largest absolute Gasteiger partial charge is 0.454 e. The first kappa shape index (κ1) is 15.7. The molecule has 0 saturated heterocycles. The van der Waals surface area contributed by atoms with E-state index in [1.807, 2.05) is 19.9 Å². The van der Waals surface area contributed by atoms with E-state index in [0.29, 0.717) is 11.5 Å². The van der Waals surface area contributed by atoms with Crippen LogP contribution < -0.4 is 10.6 Å². The lowest BCUT2D eigenvalue weighted by atomic mass is 10.3. The number of hydrogen-bond acceptors (Lipinski definition) is 6. The Morgan fingerprint density at radius 1 is 1.21 bits per heavy atom. The Morgan fingerprint density at radius 2 is 2.00 bits per heavy atom. The number of fused-ring (bicyclic) bond motifs is 1. The van der Waals surface area contributed by atoms with E-state index in [1.54, 1.807) is 16.5 Å². The number of aryl methyl sites for hydroxylation is 2. The maximum atomic E-state index is 12.3. The zero-order chi connectivity index (χ0) is 17.3. The molecular weight excluding hydrogens is 312 g/mol. The topological polar surface area (TPSA) is 114 Å². The summed E-state index contributed by atoms with van der Waals surface area (Å²) in [5.41, 5.74) is 1.62. The molecule has 9 heteroatoms. The van der Waals surface area contributed by atoms with E-state index < -0.39 is 5.91 Å². The molecule has 0 radical (unpaired) electrons. The SMILES string of the molecule is CNC(=O)c1ccc(CNC(=O)c2nnc3nc(C)cc(C)n23)o1. The molecule has 9 nitrogen and oxygen atoms in total. The first-order valence-electron chi connectivity index (χ1n) is 7.28. The van der Waals surface area contributed by atoms with Gasteiger partial charge in [-0.1, -0.05) is 0 Å². The van der Waals surface area contributed by atoms with Crippen LogP contribution in [-0.2, 0) is 6.54 Å². The molecule has 0 aliphatic heterocycles. The summed E-state index contributed by atoms with van der Waals surface area (Å²) < 4.78 is 6.93. The van der Waals surface area contributed by atoms with Gasteiger partial charge >= 0.3 is 0 Å². The first-order valence-corrected chi connectivity index (χ1v) is 7.28. The molecule has 3 rings (SSSR count). The molecule has 0 fully saturated rings. The average molecular weight is 328 g/mol. The van der Waals surface area contributed by atoms with E-state index in [1.165, 1.54) is 7.05 Å². The molecule has 0 aromatic carbocycles. The number of amides is 2. The zero-order valence-corrected chi connectivity index (χ0v) is 13.5. The Morgan fingerprint density at radius 3 is 2.75 bits per heavy atom. The molecule has 0 saturated carbocycles. The number of aromatic nitrogens is 4. The normalized spacial score (nSPS) is 10.8. The summed E-state index contributed by atoms with van der Waals surface area (Å²) in [6.07, 6.45) is 0. The van der Waals surface area contributed by atoms with E-state index in [-0.39, 0.29) is 24.0 Å². The van der Waals surface area contributed by atoms with Crippen molar-refractivity contribution in [1.29, 1.82) is 0 Å². The predicted molar refractivity (Wildman–Crippen MR) is 83.5 cm³/mol. The maximum absolute atomic E-state index is 12.3. The van der Waals surface area contributed by atoms with Crippen LogP contribution in [0, 0.1) is 13.8 Å². The van der Waals surface area contributed by atoms with Gasteiger partial charge < -0.3 is 15.1 Å². The summed E-state index contributed by atoms with van der Waals surface area (Å²) in [4.78, 5) is 28.0. The maximum Gasteiger partial charge on any atom is 0.290 e. The van der Waals surface area contributed by atoms with Crippen LogP contribution in [0.1, 0.15) is 38.3 Å². The van der Waals surface area contributed by atoms with Crippen LogP contribution in [0.3, 0.4) is 0 Å². The van der Waals surface area contributed by atoms with Crippen molar-refractivity contribution in [3.05, 3.63) is 46.9 Å². The highest BCUT2D eigenvalue weighted by molar-refractivity contribution is 5.92. The van der Waals surface area contributed by atoms with Gasteiger partial charge in [0.25, 0.3) is 17.6 Å². The highest BCUT2D eigenvalue weighted by Crippen LogP contribution is 2.10. The van der Waals surface area contributed by atoms with Gasteiger partial charge in [-0.3, -0.25) is 14.0 Å². The van der Waals surface area contributed by atoms with Crippen LogP contribution in [0.25, 0.3) is 5.78 Å². The zero-order valence-electron chi connectivity index (χ0n) is 13.5. The van der Waals surface area contributed by atoms with Gasteiger partial charge in [0.15, 0.2) is 5.76 Å². The molecule has 2 N–H and O–H groups in total. The molecule has 0 unspecified atom stereocenters. The van der Waals surface area contributed by atoms with Crippen molar-refractivity contribution < 1.29 is 14.0 Å². The lowest BCUT2D eigenvalue weighted by Crippen LogP contribution is -2.25. The molecule has 0 spiro atoms. The Kier molecular flexibility index (Phi) is 3.98. The summed E-state index contributed by atoms with van der Waals surface area (Å²) in [5.74, 6) is 0.430. The van der Waals surface area contributed by atoms with Gasteiger partial charge in [0.2, 0.25) is 5.82 Å². The van der Waals surface area contributed by atoms with E-state index in [4.69, 9.17) is 4.42 Å². The van der Waals surface area contributed by atoms with Crippen molar-refractivity contribution >= 4 is 17.6 Å². The standard InChI is InChI=1S/C15H16N6O3/c1-8-6-9(2)21-12(19-20-15(21)18-8)14(23)17-7-10-4-5-11(24-10)13(22)16-3/h4-6H,7H2,1-3H3,(H,16,22)(H,17,23). The third-order valence-corrected chi connectivity index (χ3v) is 3.43. The van der Waals surface area contributed by atoms with Gasteiger partial charge in [-0.15, -0.1) is 10.2 Å². The van der Waals surface area contributed by atoms with E-state index in [0.717, 1.165) is 11.4 Å². The summed E-state index contributed by atoms with van der Waals surface area (Å²) >= 11 is 0. The van der Waals surface area contributed by atoms with Gasteiger partial charge in [0, 0.05) is 18.4 Å². The molecule has 3 heterocycles. The minimum absolute atomic E-state index is 0.128. The van der Waals surface area contributed by atoms with E-state index in [9.17, 15) is 9.59 Å². The molecule has 3 aromatic rings. The average Bonchev–Trinajstić information content (AvgIpc) is 3.18. The van der Waals surface area contributed by atoms with Gasteiger partial charge in [0.1, 0.15) is 5.76 Å². The molecule has 0 aliphatic carbocycles. The van der Waals surface area contributed by atoms with Gasteiger partial charge in [0.05, 0.1) is 6.54 Å². The van der Waals surface area contributed by atoms with Crippen LogP contribution >= 0.6 is 0 Å². The number of nitrogens with zero attached hydrogens (tertiary/aromatic N) is 4. The van der Waals surface area contributed by atoms with Crippen LogP contribution in [0.5, 0.6) is 0 Å². The fraction of sp³-hybridized carbons (Fsp3) is 0.267.